The van der Waals surface area contributed by atoms with Crippen LogP contribution in [0.3, 0.4) is 0 Å². The minimum atomic E-state index is -0.211. The Morgan fingerprint density at radius 3 is 2.30 bits per heavy atom. The van der Waals surface area contributed by atoms with E-state index in [0.717, 1.165) is 5.56 Å². The number of hydrogen-bond donors (Lipinski definition) is 1. The number of nitrogens with one attached hydrogen (secondary N) is 1. The van der Waals surface area contributed by atoms with E-state index in [2.05, 4.69) is 20.2 Å². The molecule has 0 saturated carbocycles. The van der Waals surface area contributed by atoms with Gasteiger partial charge in [0.2, 0.25) is 5.75 Å². The highest BCUT2D eigenvalue weighted by Crippen LogP contribution is 2.41. The van der Waals surface area contributed by atoms with E-state index in [9.17, 15) is 4.79 Å². The Morgan fingerprint density at radius 2 is 1.67 bits per heavy atom. The summed E-state index contributed by atoms with van der Waals surface area (Å²) < 4.78 is 27.2. The normalized spacial score (nSPS) is 15.3. The molecule has 11 nitrogen and oxygen atoms in total. The number of carbonyl (C=O) groups is 1. The minimum Gasteiger partial charge on any atom is -0.493 e. The monoisotopic (exact) mass is 455 g/mol. The summed E-state index contributed by atoms with van der Waals surface area (Å²) in [6, 6.07) is 5.25. The van der Waals surface area contributed by atoms with Crippen molar-refractivity contribution in [2.45, 2.75) is 12.5 Å². The number of rotatable bonds is 8. The predicted octanol–water partition coefficient (Wildman–Crippen LogP) is 2.19. The lowest BCUT2D eigenvalue weighted by Gasteiger charge is -2.16. The smallest absolute Gasteiger partial charge is 0.278 e. The Labute approximate surface area is 190 Å². The molecule has 4 rings (SSSR count). The molecule has 1 N–H and O–H groups in total. The number of hydrogen-bond acceptors (Lipinski definition) is 9. The minimum absolute atomic E-state index is 0.168. The van der Waals surface area contributed by atoms with Crippen molar-refractivity contribution in [3.63, 3.8) is 0 Å². The third-order valence-electron chi connectivity index (χ3n) is 5.31. The van der Waals surface area contributed by atoms with Gasteiger partial charge < -0.3 is 28.6 Å². The van der Waals surface area contributed by atoms with Crippen LogP contribution in [0, 0.1) is 0 Å². The van der Waals surface area contributed by atoms with Gasteiger partial charge in [0, 0.05) is 30.9 Å². The van der Waals surface area contributed by atoms with Gasteiger partial charge in [-0.05, 0) is 18.2 Å². The average Bonchev–Trinajstić information content (AvgIpc) is 3.53. The van der Waals surface area contributed by atoms with Crippen LogP contribution in [0.25, 0.3) is 11.3 Å². The molecular weight excluding hydrogens is 430 g/mol. The molecular formula is C22H25N5O6. The van der Waals surface area contributed by atoms with Crippen LogP contribution in [0.15, 0.2) is 30.6 Å². The molecule has 33 heavy (non-hydrogen) atoms. The van der Waals surface area contributed by atoms with Gasteiger partial charge in [-0.15, -0.1) is 0 Å². The van der Waals surface area contributed by atoms with Crippen LogP contribution < -0.4 is 23.7 Å². The van der Waals surface area contributed by atoms with Crippen molar-refractivity contribution >= 4 is 5.91 Å². The van der Waals surface area contributed by atoms with Crippen LogP contribution in [0.2, 0.25) is 0 Å². The van der Waals surface area contributed by atoms with Crippen molar-refractivity contribution in [3.05, 3.63) is 36.3 Å². The second-order valence-corrected chi connectivity index (χ2v) is 7.23. The first kappa shape index (κ1) is 22.2. The first-order chi connectivity index (χ1) is 16.1. The van der Waals surface area contributed by atoms with Crippen molar-refractivity contribution < 1.29 is 28.5 Å². The van der Waals surface area contributed by atoms with Gasteiger partial charge in [-0.25, -0.2) is 9.97 Å². The Balaban J connectivity index is 1.48. The summed E-state index contributed by atoms with van der Waals surface area (Å²) in [5.41, 5.74) is 1.67. The lowest BCUT2D eigenvalue weighted by molar-refractivity contribution is 0.0764. The van der Waals surface area contributed by atoms with E-state index in [0.29, 0.717) is 59.9 Å². The molecule has 2 aromatic heterocycles. The van der Waals surface area contributed by atoms with Gasteiger partial charge in [0.1, 0.15) is 11.8 Å². The Kier molecular flexibility index (Phi) is 6.48. The molecule has 0 radical (unpaired) electrons. The van der Waals surface area contributed by atoms with Crippen LogP contribution >= 0.6 is 0 Å². The van der Waals surface area contributed by atoms with E-state index in [4.69, 9.17) is 23.7 Å². The van der Waals surface area contributed by atoms with Gasteiger partial charge in [-0.1, -0.05) is 0 Å². The summed E-state index contributed by atoms with van der Waals surface area (Å²) >= 11 is 0. The Morgan fingerprint density at radius 1 is 0.970 bits per heavy atom. The Bertz CT molecular complexity index is 1110. The molecule has 1 aliphatic heterocycles. The molecule has 1 aliphatic rings. The Hall–Kier alpha value is -4.02. The van der Waals surface area contributed by atoms with Crippen molar-refractivity contribution in [1.29, 1.82) is 0 Å². The van der Waals surface area contributed by atoms with Gasteiger partial charge in [0.25, 0.3) is 17.7 Å². The molecule has 1 unspecified atom stereocenters. The fraction of sp³-hybridized carbons (Fsp3) is 0.364. The molecule has 11 heteroatoms. The van der Waals surface area contributed by atoms with E-state index in [1.54, 1.807) is 44.4 Å². The van der Waals surface area contributed by atoms with Gasteiger partial charge >= 0.3 is 0 Å². The molecule has 3 aromatic rings. The van der Waals surface area contributed by atoms with Crippen LogP contribution in [0.5, 0.6) is 29.0 Å². The van der Waals surface area contributed by atoms with Crippen molar-refractivity contribution in [2.24, 2.45) is 0 Å². The number of carbonyl (C=O) groups excluding carboxylic acids is 1. The molecule has 1 atom stereocenters. The quantitative estimate of drug-likeness (QED) is 0.545. The SMILES string of the molecule is COc1cc(-c2cc(C(=O)N3CCC(Oc4nccnc4OC)C3)[nH]n2)cc(OC)c1OC. The van der Waals surface area contributed by atoms with E-state index in [-0.39, 0.29) is 12.0 Å². The van der Waals surface area contributed by atoms with E-state index in [1.807, 2.05) is 0 Å². The van der Waals surface area contributed by atoms with E-state index in [1.165, 1.54) is 19.5 Å². The van der Waals surface area contributed by atoms with Crippen LogP contribution in [-0.4, -0.2) is 78.6 Å². The molecule has 0 aliphatic carbocycles. The summed E-state index contributed by atoms with van der Waals surface area (Å²) in [5, 5.41) is 7.13. The van der Waals surface area contributed by atoms with Gasteiger partial charge in [0.05, 0.1) is 40.7 Å². The largest absolute Gasteiger partial charge is 0.493 e. The number of aromatic nitrogens is 4. The van der Waals surface area contributed by atoms with Gasteiger partial charge in [-0.3, -0.25) is 9.89 Å². The standard InChI is InChI=1S/C22H25N5O6/c1-29-17-9-13(10-18(30-2)19(17)31-3)15-11-16(26-25-15)22(28)27-8-5-14(12-27)33-21-20(32-4)23-6-7-24-21/h6-7,9-11,14H,5,8,12H2,1-4H3,(H,25,26). The number of nitrogens with zero attached hydrogens (tertiary/aromatic N) is 4. The first-order valence-corrected chi connectivity index (χ1v) is 10.2. The number of aromatic amines is 1. The molecule has 1 saturated heterocycles. The molecule has 1 fully saturated rings. The average molecular weight is 455 g/mol. The molecule has 3 heterocycles. The fourth-order valence-corrected chi connectivity index (χ4v) is 3.68. The van der Waals surface area contributed by atoms with Crippen LogP contribution in [-0.2, 0) is 0 Å². The maximum absolute atomic E-state index is 13.0. The highest BCUT2D eigenvalue weighted by Gasteiger charge is 2.30. The second-order valence-electron chi connectivity index (χ2n) is 7.23. The zero-order chi connectivity index (χ0) is 23.4. The summed E-state index contributed by atoms with van der Waals surface area (Å²) in [7, 11) is 6.14. The lowest BCUT2D eigenvalue weighted by atomic mass is 10.1. The number of likely N-dealkylation sites (tertiary alicyclic amines) is 1. The van der Waals surface area contributed by atoms with Crippen LogP contribution in [0.4, 0.5) is 0 Å². The predicted molar refractivity (Wildman–Crippen MR) is 117 cm³/mol. The molecule has 174 valence electrons. The molecule has 0 spiro atoms. The van der Waals surface area contributed by atoms with E-state index < -0.39 is 0 Å². The van der Waals surface area contributed by atoms with E-state index >= 15 is 0 Å². The maximum Gasteiger partial charge on any atom is 0.278 e. The topological polar surface area (TPSA) is 121 Å². The molecule has 0 bridgehead atoms. The van der Waals surface area contributed by atoms with Gasteiger partial charge in [0.15, 0.2) is 11.5 Å². The van der Waals surface area contributed by atoms with Crippen LogP contribution in [0.1, 0.15) is 16.9 Å². The number of benzene rings is 1. The highest BCUT2D eigenvalue weighted by molar-refractivity contribution is 5.93. The van der Waals surface area contributed by atoms with Crippen molar-refractivity contribution in [1.82, 2.24) is 25.1 Å². The fourth-order valence-electron chi connectivity index (χ4n) is 3.68. The number of ether oxygens (including phenoxy) is 5. The lowest BCUT2D eigenvalue weighted by Crippen LogP contribution is -2.31. The number of amides is 1. The summed E-state index contributed by atoms with van der Waals surface area (Å²) in [6.45, 7) is 0.960. The third kappa shape index (κ3) is 4.47. The van der Waals surface area contributed by atoms with Gasteiger partial charge in [-0.2, -0.15) is 5.10 Å². The third-order valence-corrected chi connectivity index (χ3v) is 5.31. The molecule has 1 aromatic carbocycles. The second kappa shape index (κ2) is 9.63. The zero-order valence-electron chi connectivity index (χ0n) is 18.8. The molecule has 1 amide bonds. The summed E-state index contributed by atoms with van der Waals surface area (Å²) in [6.07, 6.45) is 3.52. The van der Waals surface area contributed by atoms with Crippen molar-refractivity contribution in [2.75, 3.05) is 41.5 Å². The number of H-pyrrole nitrogens is 1. The summed E-state index contributed by atoms with van der Waals surface area (Å²) in [4.78, 5) is 23.0. The van der Waals surface area contributed by atoms with Crippen molar-refractivity contribution in [3.8, 4) is 40.3 Å². The number of methoxy groups -OCH3 is 4. The highest BCUT2D eigenvalue weighted by atomic mass is 16.5. The first-order valence-electron chi connectivity index (χ1n) is 10.2. The maximum atomic E-state index is 13.0. The zero-order valence-corrected chi connectivity index (χ0v) is 18.8. The summed E-state index contributed by atoms with van der Waals surface area (Å²) in [5.74, 6) is 1.94.